The molecule has 9 heteroatoms. The highest BCUT2D eigenvalue weighted by atomic mass is 32.2. The van der Waals surface area contributed by atoms with Crippen LogP contribution in [0.5, 0.6) is 11.5 Å². The van der Waals surface area contributed by atoms with Gasteiger partial charge in [-0.3, -0.25) is 4.90 Å². The molecule has 174 valence electrons. The Morgan fingerprint density at radius 2 is 1.84 bits per heavy atom. The number of benzene rings is 2. The first-order valence-corrected chi connectivity index (χ1v) is 12.3. The topological polar surface area (TPSA) is 80.3 Å². The van der Waals surface area contributed by atoms with Gasteiger partial charge in [-0.05, 0) is 35.7 Å². The molecule has 2 aromatic carbocycles. The lowest BCUT2D eigenvalue weighted by Gasteiger charge is -2.35. The molecule has 0 saturated carbocycles. The molecule has 0 radical (unpaired) electrons. The third-order valence-electron chi connectivity index (χ3n) is 6.23. The van der Waals surface area contributed by atoms with Gasteiger partial charge in [0.1, 0.15) is 16.4 Å². The molecule has 0 aliphatic carbocycles. The van der Waals surface area contributed by atoms with E-state index in [1.54, 1.807) is 12.1 Å². The predicted octanol–water partition coefficient (Wildman–Crippen LogP) is 2.05. The summed E-state index contributed by atoms with van der Waals surface area (Å²) in [5, 5.41) is 0. The molecule has 1 unspecified atom stereocenters. The number of nitrogens with zero attached hydrogens (tertiary/aromatic N) is 2. The van der Waals surface area contributed by atoms with Gasteiger partial charge in [-0.15, -0.1) is 0 Å². The van der Waals surface area contributed by atoms with E-state index in [1.165, 1.54) is 31.5 Å². The Morgan fingerprint density at radius 3 is 2.56 bits per heavy atom. The third kappa shape index (κ3) is 4.71. The Morgan fingerprint density at radius 1 is 1.06 bits per heavy atom. The molecule has 32 heavy (non-hydrogen) atoms. The van der Waals surface area contributed by atoms with E-state index in [4.69, 9.17) is 14.2 Å². The fraction of sp³-hybridized carbons (Fsp3) is 0.478. The summed E-state index contributed by atoms with van der Waals surface area (Å²) in [4.78, 5) is 4.60. The lowest BCUT2D eigenvalue weighted by Crippen LogP contribution is -2.43. The fourth-order valence-corrected chi connectivity index (χ4v) is 5.62. The van der Waals surface area contributed by atoms with Gasteiger partial charge in [0.15, 0.2) is 0 Å². The van der Waals surface area contributed by atoms with E-state index < -0.39 is 10.0 Å². The van der Waals surface area contributed by atoms with Crippen LogP contribution in [0.2, 0.25) is 0 Å². The van der Waals surface area contributed by atoms with Crippen LogP contribution in [0.3, 0.4) is 0 Å². The second-order valence-electron chi connectivity index (χ2n) is 8.09. The molecular formula is C23H31N3O5S. The van der Waals surface area contributed by atoms with Crippen LogP contribution in [0.15, 0.2) is 41.3 Å². The predicted molar refractivity (Wildman–Crippen MR) is 123 cm³/mol. The summed E-state index contributed by atoms with van der Waals surface area (Å²) in [7, 11) is 1.24. The van der Waals surface area contributed by atoms with Gasteiger partial charge in [-0.1, -0.05) is 12.1 Å². The summed E-state index contributed by atoms with van der Waals surface area (Å²) in [5.41, 5.74) is 3.66. The fourth-order valence-electron chi connectivity index (χ4n) is 4.40. The Labute approximate surface area is 190 Å². The maximum atomic E-state index is 13.2. The number of sulfonamides is 1. The van der Waals surface area contributed by atoms with Gasteiger partial charge in [-0.25, -0.2) is 13.1 Å². The van der Waals surface area contributed by atoms with E-state index in [-0.39, 0.29) is 23.2 Å². The van der Waals surface area contributed by atoms with Crippen molar-refractivity contribution in [3.63, 3.8) is 0 Å². The second-order valence-corrected chi connectivity index (χ2v) is 9.83. The molecule has 8 nitrogen and oxygen atoms in total. The number of hydrogen-bond acceptors (Lipinski definition) is 7. The third-order valence-corrected chi connectivity index (χ3v) is 7.67. The van der Waals surface area contributed by atoms with Crippen molar-refractivity contribution in [2.45, 2.75) is 17.4 Å². The van der Waals surface area contributed by atoms with E-state index in [0.29, 0.717) is 19.0 Å². The molecule has 1 atom stereocenters. The van der Waals surface area contributed by atoms with Gasteiger partial charge in [0.05, 0.1) is 27.4 Å². The number of morpholine rings is 1. The first-order valence-electron chi connectivity index (χ1n) is 10.8. The van der Waals surface area contributed by atoms with E-state index in [0.717, 1.165) is 31.6 Å². The van der Waals surface area contributed by atoms with Crippen molar-refractivity contribution >= 4 is 15.7 Å². The molecule has 2 aliphatic rings. The molecule has 0 amide bonds. The van der Waals surface area contributed by atoms with E-state index >= 15 is 0 Å². The van der Waals surface area contributed by atoms with Crippen LogP contribution in [0.1, 0.15) is 17.2 Å². The van der Waals surface area contributed by atoms with Crippen LogP contribution in [-0.2, 0) is 21.2 Å². The van der Waals surface area contributed by atoms with Crippen molar-refractivity contribution in [2.24, 2.45) is 0 Å². The van der Waals surface area contributed by atoms with E-state index in [2.05, 4.69) is 39.8 Å². The Balaban J connectivity index is 1.61. The summed E-state index contributed by atoms with van der Waals surface area (Å²) < 4.78 is 45.3. The molecule has 4 rings (SSSR count). The maximum absolute atomic E-state index is 13.2. The number of ether oxygens (including phenoxy) is 3. The van der Waals surface area contributed by atoms with Crippen LogP contribution < -0.4 is 19.1 Å². The summed E-state index contributed by atoms with van der Waals surface area (Å²) >= 11 is 0. The van der Waals surface area contributed by atoms with E-state index in [1.807, 2.05) is 0 Å². The molecular weight excluding hydrogens is 430 g/mol. The standard InChI is InChI=1S/C23H31N3O5S/c1-25-9-8-18-14-17(4-6-20(18)25)21(26-10-12-31-13-11-26)16-24-32(27,28)23-15-19(29-2)5-7-22(23)30-3/h4-7,14-15,21,24H,8-13,16H2,1-3H3. The normalized spacial score (nSPS) is 17.8. The Bertz CT molecular complexity index is 1050. The molecule has 1 saturated heterocycles. The smallest absolute Gasteiger partial charge is 0.244 e. The summed E-state index contributed by atoms with van der Waals surface area (Å²) in [6, 6.07) is 11.1. The summed E-state index contributed by atoms with van der Waals surface area (Å²) in [5.74, 6) is 0.737. The number of nitrogens with one attached hydrogen (secondary N) is 1. The zero-order valence-electron chi connectivity index (χ0n) is 18.8. The SMILES string of the molecule is COc1ccc(OC)c(S(=O)(=O)NCC(c2ccc3c(c2)CCN3C)N2CCOCC2)c1. The first kappa shape index (κ1) is 22.8. The number of anilines is 1. The number of rotatable bonds is 8. The Kier molecular flexibility index (Phi) is 6.90. The minimum atomic E-state index is -3.82. The first-order chi connectivity index (χ1) is 15.4. The van der Waals surface area contributed by atoms with Crippen molar-refractivity contribution in [1.82, 2.24) is 9.62 Å². The minimum absolute atomic E-state index is 0.0654. The summed E-state index contributed by atoms with van der Waals surface area (Å²) in [6.07, 6.45) is 1.00. The van der Waals surface area contributed by atoms with Gasteiger partial charge in [0.2, 0.25) is 10.0 Å². The van der Waals surface area contributed by atoms with Gasteiger partial charge < -0.3 is 19.1 Å². The molecule has 2 aromatic rings. The van der Waals surface area contributed by atoms with Crippen LogP contribution in [0, 0.1) is 0 Å². The number of hydrogen-bond donors (Lipinski definition) is 1. The Hall–Kier alpha value is -2.33. The van der Waals surface area contributed by atoms with Crippen molar-refractivity contribution in [3.05, 3.63) is 47.5 Å². The molecule has 2 aliphatic heterocycles. The number of likely N-dealkylation sites (N-methyl/N-ethyl adjacent to an activating group) is 1. The monoisotopic (exact) mass is 461 g/mol. The quantitative estimate of drug-likeness (QED) is 0.644. The van der Waals surface area contributed by atoms with Crippen LogP contribution >= 0.6 is 0 Å². The number of fused-ring (bicyclic) bond motifs is 1. The van der Waals surface area contributed by atoms with Crippen molar-refractivity contribution in [1.29, 1.82) is 0 Å². The van der Waals surface area contributed by atoms with Gasteiger partial charge >= 0.3 is 0 Å². The molecule has 0 aromatic heterocycles. The molecule has 0 bridgehead atoms. The lowest BCUT2D eigenvalue weighted by atomic mass is 10.0. The van der Waals surface area contributed by atoms with Crippen molar-refractivity contribution in [3.8, 4) is 11.5 Å². The maximum Gasteiger partial charge on any atom is 0.244 e. The molecule has 1 fully saturated rings. The largest absolute Gasteiger partial charge is 0.497 e. The summed E-state index contributed by atoms with van der Waals surface area (Å²) in [6.45, 7) is 4.04. The molecule has 0 spiro atoms. The number of methoxy groups -OCH3 is 2. The van der Waals surface area contributed by atoms with Crippen molar-refractivity contribution in [2.75, 3.05) is 65.6 Å². The van der Waals surface area contributed by atoms with Gasteiger partial charge in [-0.2, -0.15) is 0 Å². The average molecular weight is 462 g/mol. The zero-order valence-corrected chi connectivity index (χ0v) is 19.7. The second kappa shape index (κ2) is 9.66. The lowest BCUT2D eigenvalue weighted by molar-refractivity contribution is 0.0172. The highest BCUT2D eigenvalue weighted by Crippen LogP contribution is 2.32. The van der Waals surface area contributed by atoms with Crippen molar-refractivity contribution < 1.29 is 22.6 Å². The minimum Gasteiger partial charge on any atom is -0.497 e. The zero-order chi connectivity index (χ0) is 22.7. The molecule has 2 heterocycles. The molecule has 1 N–H and O–H groups in total. The van der Waals surface area contributed by atoms with Crippen LogP contribution in [-0.4, -0.2) is 74.0 Å². The highest BCUT2D eigenvalue weighted by molar-refractivity contribution is 7.89. The van der Waals surface area contributed by atoms with Gasteiger partial charge in [0.25, 0.3) is 0 Å². The highest BCUT2D eigenvalue weighted by Gasteiger charge is 2.28. The van der Waals surface area contributed by atoms with E-state index in [9.17, 15) is 8.42 Å². The van der Waals surface area contributed by atoms with Crippen LogP contribution in [0.25, 0.3) is 0 Å². The van der Waals surface area contributed by atoms with Crippen LogP contribution in [0.4, 0.5) is 5.69 Å². The van der Waals surface area contributed by atoms with Gasteiger partial charge in [0, 0.05) is 51.0 Å². The average Bonchev–Trinajstić information content (AvgIpc) is 3.19.